The van der Waals surface area contributed by atoms with Crippen molar-refractivity contribution in [3.63, 3.8) is 0 Å². The van der Waals surface area contributed by atoms with E-state index in [2.05, 4.69) is 19.2 Å². The van der Waals surface area contributed by atoms with Crippen molar-refractivity contribution < 1.29 is 4.79 Å². The van der Waals surface area contributed by atoms with Crippen LogP contribution in [-0.2, 0) is 0 Å². The molecule has 1 saturated carbocycles. The Morgan fingerprint density at radius 2 is 2.00 bits per heavy atom. The van der Waals surface area contributed by atoms with Crippen LogP contribution in [-0.4, -0.2) is 11.9 Å². The van der Waals surface area contributed by atoms with Crippen molar-refractivity contribution in [2.45, 2.75) is 39.2 Å². The number of hydrogen-bond donors (Lipinski definition) is 3. The van der Waals surface area contributed by atoms with Gasteiger partial charge in [0.15, 0.2) is 0 Å². The Bertz CT molecular complexity index is 518. The molecule has 20 heavy (non-hydrogen) atoms. The van der Waals surface area contributed by atoms with Gasteiger partial charge in [-0.25, -0.2) is 0 Å². The zero-order valence-electron chi connectivity index (χ0n) is 11.9. The Morgan fingerprint density at radius 3 is 2.60 bits per heavy atom. The van der Waals surface area contributed by atoms with Crippen LogP contribution in [0.5, 0.6) is 0 Å². The number of nitrogen functional groups attached to an aromatic ring is 1. The van der Waals surface area contributed by atoms with Gasteiger partial charge in [-0.15, -0.1) is 0 Å². The number of anilines is 2. The molecule has 1 aromatic carbocycles. The molecule has 1 aliphatic carbocycles. The van der Waals surface area contributed by atoms with Gasteiger partial charge in [0.05, 0.1) is 16.3 Å². The highest BCUT2D eigenvalue weighted by molar-refractivity contribution is 6.34. The smallest absolute Gasteiger partial charge is 0.250 e. The molecule has 0 radical (unpaired) electrons. The Morgan fingerprint density at radius 1 is 1.30 bits per heavy atom. The minimum atomic E-state index is -0.515. The lowest BCUT2D eigenvalue weighted by Crippen LogP contribution is -2.31. The van der Waals surface area contributed by atoms with Crippen molar-refractivity contribution in [2.75, 3.05) is 11.1 Å². The van der Waals surface area contributed by atoms with Crippen molar-refractivity contribution in [1.82, 2.24) is 0 Å². The highest BCUT2D eigenvalue weighted by Crippen LogP contribution is 2.35. The van der Waals surface area contributed by atoms with E-state index < -0.39 is 5.91 Å². The number of nitrogens with one attached hydrogen (secondary N) is 1. The number of amides is 1. The fourth-order valence-corrected chi connectivity index (χ4v) is 3.13. The maximum Gasteiger partial charge on any atom is 0.250 e. The molecule has 0 saturated heterocycles. The molecular weight excluding hydrogens is 274 g/mol. The first kappa shape index (κ1) is 15.0. The number of primary amides is 1. The minimum absolute atomic E-state index is 0.320. The maximum atomic E-state index is 11.6. The lowest BCUT2D eigenvalue weighted by Gasteiger charge is -2.33. The van der Waals surface area contributed by atoms with Crippen molar-refractivity contribution in [3.05, 3.63) is 22.7 Å². The molecule has 1 amide bonds. The summed E-state index contributed by atoms with van der Waals surface area (Å²) in [4.78, 5) is 11.6. The van der Waals surface area contributed by atoms with Gasteiger partial charge in [0.2, 0.25) is 0 Å². The van der Waals surface area contributed by atoms with Crippen LogP contribution >= 0.6 is 11.6 Å². The molecule has 5 N–H and O–H groups in total. The number of hydrogen-bond acceptors (Lipinski definition) is 3. The predicted molar refractivity (Wildman–Crippen MR) is 84.0 cm³/mol. The van der Waals surface area contributed by atoms with Crippen LogP contribution in [0.4, 0.5) is 11.4 Å². The Labute approximate surface area is 124 Å². The highest BCUT2D eigenvalue weighted by atomic mass is 35.5. The van der Waals surface area contributed by atoms with E-state index >= 15 is 0 Å². The van der Waals surface area contributed by atoms with Gasteiger partial charge >= 0.3 is 0 Å². The van der Waals surface area contributed by atoms with E-state index in [4.69, 9.17) is 23.1 Å². The summed E-state index contributed by atoms with van der Waals surface area (Å²) in [5.74, 6) is 0.885. The lowest BCUT2D eigenvalue weighted by atomic mass is 9.79. The third kappa shape index (κ3) is 3.18. The van der Waals surface area contributed by atoms with Gasteiger partial charge in [0.1, 0.15) is 0 Å². The topological polar surface area (TPSA) is 81.1 Å². The third-order valence-electron chi connectivity index (χ3n) is 4.32. The average Bonchev–Trinajstić information content (AvgIpc) is 2.36. The number of carbonyl (C=O) groups excluding carboxylic acids is 1. The number of rotatable bonds is 3. The molecule has 0 heterocycles. The van der Waals surface area contributed by atoms with Crippen molar-refractivity contribution in [1.29, 1.82) is 0 Å². The average molecular weight is 296 g/mol. The Hall–Kier alpha value is -1.42. The van der Waals surface area contributed by atoms with Crippen molar-refractivity contribution >= 4 is 28.9 Å². The second-order valence-corrected chi connectivity index (χ2v) is 6.31. The lowest BCUT2D eigenvalue weighted by molar-refractivity contribution is 0.100. The molecule has 5 heteroatoms. The normalized spacial score (nSPS) is 26.2. The van der Waals surface area contributed by atoms with E-state index in [1.807, 2.05) is 0 Å². The molecule has 0 aromatic heterocycles. The standard InChI is InChI=1S/C15H22ClN3O/c1-8-3-4-11(5-9(8)2)19-14-12(15(18)20)6-10(17)7-13(14)16/h6-9,11,19H,3-5,17H2,1-2H3,(H2,18,20). The summed E-state index contributed by atoms with van der Waals surface area (Å²) in [6.07, 6.45) is 3.32. The maximum absolute atomic E-state index is 11.6. The molecule has 0 bridgehead atoms. The summed E-state index contributed by atoms with van der Waals surface area (Å²) >= 11 is 6.21. The molecule has 1 fully saturated rings. The van der Waals surface area contributed by atoms with Gasteiger partial charge in [0.25, 0.3) is 5.91 Å². The zero-order valence-corrected chi connectivity index (χ0v) is 12.7. The molecule has 1 aliphatic rings. The third-order valence-corrected chi connectivity index (χ3v) is 4.62. The van der Waals surface area contributed by atoms with Crippen molar-refractivity contribution in [3.8, 4) is 0 Å². The van der Waals surface area contributed by atoms with Gasteiger partial charge in [-0.1, -0.05) is 25.4 Å². The van der Waals surface area contributed by atoms with Crippen molar-refractivity contribution in [2.24, 2.45) is 17.6 Å². The number of nitrogens with two attached hydrogens (primary N) is 2. The molecule has 4 nitrogen and oxygen atoms in total. The van der Waals surface area contributed by atoms with E-state index in [0.717, 1.165) is 18.8 Å². The van der Waals surface area contributed by atoms with Crippen LogP contribution in [0.25, 0.3) is 0 Å². The van der Waals surface area contributed by atoms with E-state index in [1.165, 1.54) is 6.42 Å². The van der Waals surface area contributed by atoms with Gasteiger partial charge in [-0.05, 0) is 43.2 Å². The highest BCUT2D eigenvalue weighted by Gasteiger charge is 2.26. The van der Waals surface area contributed by atoms with E-state index in [1.54, 1.807) is 12.1 Å². The van der Waals surface area contributed by atoms with Crippen LogP contribution in [0.3, 0.4) is 0 Å². The van der Waals surface area contributed by atoms with Crippen LogP contribution in [0.1, 0.15) is 43.5 Å². The summed E-state index contributed by atoms with van der Waals surface area (Å²) < 4.78 is 0. The first-order valence-corrected chi connectivity index (χ1v) is 7.41. The van der Waals surface area contributed by atoms with Gasteiger partial charge in [-0.2, -0.15) is 0 Å². The largest absolute Gasteiger partial charge is 0.399 e. The van der Waals surface area contributed by atoms with Crippen LogP contribution < -0.4 is 16.8 Å². The van der Waals surface area contributed by atoms with Crippen LogP contribution in [0.15, 0.2) is 12.1 Å². The molecular formula is C15H22ClN3O. The molecule has 3 unspecified atom stereocenters. The first-order chi connectivity index (χ1) is 9.38. The summed E-state index contributed by atoms with van der Waals surface area (Å²) in [5, 5.41) is 3.84. The Balaban J connectivity index is 2.23. The molecule has 0 spiro atoms. The van der Waals surface area contributed by atoms with E-state index in [0.29, 0.717) is 33.9 Å². The quantitative estimate of drug-likeness (QED) is 0.749. The van der Waals surface area contributed by atoms with Crippen LogP contribution in [0, 0.1) is 11.8 Å². The first-order valence-electron chi connectivity index (χ1n) is 7.03. The zero-order chi connectivity index (χ0) is 14.9. The van der Waals surface area contributed by atoms with E-state index in [-0.39, 0.29) is 0 Å². The van der Waals surface area contributed by atoms with Gasteiger partial charge in [0, 0.05) is 11.7 Å². The molecule has 110 valence electrons. The predicted octanol–water partition coefficient (Wildman–Crippen LogP) is 3.26. The van der Waals surface area contributed by atoms with Gasteiger partial charge in [-0.3, -0.25) is 4.79 Å². The second-order valence-electron chi connectivity index (χ2n) is 5.90. The van der Waals surface area contributed by atoms with Crippen LogP contribution in [0.2, 0.25) is 5.02 Å². The molecule has 3 atom stereocenters. The fourth-order valence-electron chi connectivity index (χ4n) is 2.85. The van der Waals surface area contributed by atoms with E-state index in [9.17, 15) is 4.79 Å². The number of carbonyl (C=O) groups is 1. The SMILES string of the molecule is CC1CCC(Nc2c(Cl)cc(N)cc2C(N)=O)CC1C. The molecule has 2 rings (SSSR count). The summed E-state index contributed by atoms with van der Waals surface area (Å²) in [5.41, 5.74) is 12.6. The number of benzene rings is 1. The van der Waals surface area contributed by atoms with Gasteiger partial charge < -0.3 is 16.8 Å². The summed E-state index contributed by atoms with van der Waals surface area (Å²) in [6, 6.07) is 3.54. The minimum Gasteiger partial charge on any atom is -0.399 e. The second kappa shape index (κ2) is 5.92. The number of halogens is 1. The fraction of sp³-hybridized carbons (Fsp3) is 0.533. The Kier molecular flexibility index (Phi) is 4.43. The summed E-state index contributed by atoms with van der Waals surface area (Å²) in [7, 11) is 0. The molecule has 1 aromatic rings. The molecule has 0 aliphatic heterocycles. The monoisotopic (exact) mass is 295 g/mol. The summed E-state index contributed by atoms with van der Waals surface area (Å²) in [6.45, 7) is 4.55.